The van der Waals surface area contributed by atoms with E-state index >= 15 is 0 Å². The van der Waals surface area contributed by atoms with Crippen molar-refractivity contribution >= 4 is 21.8 Å². The zero-order valence-electron chi connectivity index (χ0n) is 23.8. The Morgan fingerprint density at radius 3 is 2.21 bits per heavy atom. The summed E-state index contributed by atoms with van der Waals surface area (Å²) < 4.78 is 82.1. The van der Waals surface area contributed by atoms with Crippen LogP contribution in [-0.4, -0.2) is 58.8 Å². The van der Waals surface area contributed by atoms with Gasteiger partial charge < -0.3 is 15.7 Å². The second-order valence-corrected chi connectivity index (χ2v) is 15.0. The predicted molar refractivity (Wildman–Crippen MR) is 150 cm³/mol. The average Bonchev–Trinajstić information content (AvgIpc) is 3.18. The maximum Gasteiger partial charge on any atom is 0.416 e. The molecule has 0 radical (unpaired) electrons. The van der Waals surface area contributed by atoms with E-state index in [1.165, 1.54) is 28.6 Å². The highest BCUT2D eigenvalue weighted by Crippen LogP contribution is 2.71. The third kappa shape index (κ3) is 5.12. The van der Waals surface area contributed by atoms with E-state index in [9.17, 15) is 35.9 Å². The van der Waals surface area contributed by atoms with E-state index in [2.05, 4.69) is 10.6 Å². The van der Waals surface area contributed by atoms with Crippen LogP contribution in [0.2, 0.25) is 0 Å². The summed E-state index contributed by atoms with van der Waals surface area (Å²) in [7, 11) is -4.15. The molecule has 0 aromatic heterocycles. The predicted octanol–water partition coefficient (Wildman–Crippen LogP) is 4.14. The van der Waals surface area contributed by atoms with E-state index in [0.29, 0.717) is 43.5 Å². The normalized spacial score (nSPS) is 28.7. The number of nitrogens with zero attached hydrogens (tertiary/aromatic N) is 2. The van der Waals surface area contributed by atoms with Crippen LogP contribution in [0.3, 0.4) is 0 Å². The van der Waals surface area contributed by atoms with Gasteiger partial charge in [0.05, 0.1) is 21.6 Å². The summed E-state index contributed by atoms with van der Waals surface area (Å²) in [6.45, 7) is 3.69. The Bertz CT molecular complexity index is 1550. The summed E-state index contributed by atoms with van der Waals surface area (Å²) in [5.74, 6) is -0.227. The van der Waals surface area contributed by atoms with Crippen molar-refractivity contribution in [2.24, 2.45) is 10.4 Å². The lowest BCUT2D eigenvalue weighted by atomic mass is 9.38. The summed E-state index contributed by atoms with van der Waals surface area (Å²) in [6.07, 6.45) is -1.07. The van der Waals surface area contributed by atoms with Gasteiger partial charge in [-0.05, 0) is 94.3 Å². The number of benzene rings is 2. The SMILES string of the molecule is CC1(C)N=C(C23CC(N(Cc4ccc(C(F)(F)F)cc4)S(=O)(=O)c4ccc(F)cc4)(C2)C3)NC1C(=O)NCC1(O)CCC1. The molecule has 43 heavy (non-hydrogen) atoms. The molecule has 2 aromatic rings. The Balaban J connectivity index is 1.21. The van der Waals surface area contributed by atoms with Crippen molar-refractivity contribution in [1.82, 2.24) is 14.9 Å². The molecule has 8 nitrogen and oxygen atoms in total. The zero-order valence-corrected chi connectivity index (χ0v) is 24.7. The van der Waals surface area contributed by atoms with Crippen molar-refractivity contribution in [2.45, 2.75) is 92.7 Å². The molecule has 7 rings (SSSR count). The fourth-order valence-electron chi connectivity index (χ4n) is 6.93. The van der Waals surface area contributed by atoms with Crippen LogP contribution in [0.4, 0.5) is 17.6 Å². The minimum absolute atomic E-state index is 0.109. The maximum absolute atomic E-state index is 13.9. The smallest absolute Gasteiger partial charge is 0.388 e. The Hall–Kier alpha value is -3.03. The molecule has 2 bridgehead atoms. The number of carbonyl (C=O) groups is 1. The number of nitrogens with one attached hydrogen (secondary N) is 2. The highest BCUT2D eigenvalue weighted by Gasteiger charge is 2.75. The second kappa shape index (κ2) is 9.73. The average molecular weight is 623 g/mol. The van der Waals surface area contributed by atoms with Crippen LogP contribution in [0.5, 0.6) is 0 Å². The third-order valence-corrected chi connectivity index (χ3v) is 11.5. The molecule has 0 saturated heterocycles. The van der Waals surface area contributed by atoms with Crippen molar-refractivity contribution in [3.05, 3.63) is 65.5 Å². The number of alkyl halides is 3. The number of sulfonamides is 1. The molecular formula is C30H34F4N4O4S. The third-order valence-electron chi connectivity index (χ3n) is 9.57. The van der Waals surface area contributed by atoms with Gasteiger partial charge >= 0.3 is 6.18 Å². The maximum atomic E-state index is 13.9. The van der Waals surface area contributed by atoms with Gasteiger partial charge in [-0.1, -0.05) is 12.1 Å². The quantitative estimate of drug-likeness (QED) is 0.365. The lowest BCUT2D eigenvalue weighted by Crippen LogP contribution is -2.78. The van der Waals surface area contributed by atoms with Gasteiger partial charge in [-0.25, -0.2) is 12.8 Å². The molecule has 1 heterocycles. The van der Waals surface area contributed by atoms with E-state index in [4.69, 9.17) is 4.99 Å². The number of aliphatic imine (C=N–C) groups is 1. The van der Waals surface area contributed by atoms with Crippen molar-refractivity contribution in [3.63, 3.8) is 0 Å². The Labute approximate surface area is 247 Å². The molecular weight excluding hydrogens is 588 g/mol. The van der Waals surface area contributed by atoms with Gasteiger partial charge in [0.1, 0.15) is 17.7 Å². The van der Waals surface area contributed by atoms with Crippen LogP contribution >= 0.6 is 0 Å². The van der Waals surface area contributed by atoms with Gasteiger partial charge in [-0.3, -0.25) is 9.79 Å². The Kier molecular flexibility index (Phi) is 6.80. The molecule has 4 aliphatic carbocycles. The van der Waals surface area contributed by atoms with Gasteiger partial charge in [0.2, 0.25) is 15.9 Å². The first-order valence-electron chi connectivity index (χ1n) is 14.3. The molecule has 2 aromatic carbocycles. The fraction of sp³-hybridized carbons (Fsp3) is 0.533. The first kappa shape index (κ1) is 30.0. The van der Waals surface area contributed by atoms with Gasteiger partial charge in [-0.15, -0.1) is 0 Å². The minimum atomic E-state index is -4.52. The highest BCUT2D eigenvalue weighted by molar-refractivity contribution is 7.89. The van der Waals surface area contributed by atoms with Crippen LogP contribution < -0.4 is 10.6 Å². The summed E-state index contributed by atoms with van der Waals surface area (Å²) in [4.78, 5) is 17.8. The Morgan fingerprint density at radius 2 is 1.67 bits per heavy atom. The van der Waals surface area contributed by atoms with Crippen LogP contribution in [0.1, 0.15) is 63.5 Å². The number of carbonyl (C=O) groups excluding carboxylic acids is 1. The second-order valence-electron chi connectivity index (χ2n) is 13.2. The zero-order chi connectivity index (χ0) is 31.1. The van der Waals surface area contributed by atoms with Crippen molar-refractivity contribution < 1.29 is 35.9 Å². The number of aliphatic hydroxyl groups is 1. The van der Waals surface area contributed by atoms with Crippen LogP contribution in [0.15, 0.2) is 58.4 Å². The number of rotatable bonds is 9. The molecule has 1 unspecified atom stereocenters. The van der Waals surface area contributed by atoms with E-state index in [0.717, 1.165) is 30.7 Å². The van der Waals surface area contributed by atoms with Crippen molar-refractivity contribution in [3.8, 4) is 0 Å². The topological polar surface area (TPSA) is 111 Å². The summed E-state index contributed by atoms with van der Waals surface area (Å²) in [6, 6.07) is 8.20. The number of amides is 1. The van der Waals surface area contributed by atoms with E-state index < -0.39 is 55.7 Å². The summed E-state index contributed by atoms with van der Waals surface area (Å²) in [5, 5.41) is 16.5. The fourth-order valence-corrected chi connectivity index (χ4v) is 8.69. The van der Waals surface area contributed by atoms with Gasteiger partial charge in [0.25, 0.3) is 0 Å². The standard InChI is InChI=1S/C30H34F4N4O4S/c1-26(2)23(24(39)35-18-29(40)12-3-13-29)36-25(37-26)27-15-28(16-27,17-27)38(43(41,42)22-10-8-21(31)9-11-22)14-19-4-6-20(7-5-19)30(32,33)34/h4-11,23,40H,3,12-18H2,1-2H3,(H,35,39)(H,36,37). The molecule has 4 saturated carbocycles. The molecule has 1 aliphatic heterocycles. The van der Waals surface area contributed by atoms with Crippen LogP contribution in [0, 0.1) is 11.2 Å². The molecule has 232 valence electrons. The molecule has 4 fully saturated rings. The number of halogens is 4. The largest absolute Gasteiger partial charge is 0.416 e. The highest BCUT2D eigenvalue weighted by atomic mass is 32.2. The Morgan fingerprint density at radius 1 is 1.07 bits per heavy atom. The van der Waals surface area contributed by atoms with E-state index in [1.54, 1.807) is 0 Å². The summed E-state index contributed by atoms with van der Waals surface area (Å²) >= 11 is 0. The number of hydrogen-bond donors (Lipinski definition) is 3. The molecule has 0 spiro atoms. The number of amidine groups is 1. The minimum Gasteiger partial charge on any atom is -0.388 e. The first-order chi connectivity index (χ1) is 20.0. The van der Waals surface area contributed by atoms with E-state index in [-0.39, 0.29) is 23.9 Å². The van der Waals surface area contributed by atoms with E-state index in [1.807, 2.05) is 13.8 Å². The molecule has 1 amide bonds. The molecule has 13 heteroatoms. The monoisotopic (exact) mass is 622 g/mol. The molecule has 1 atom stereocenters. The van der Waals surface area contributed by atoms with Gasteiger partial charge in [0, 0.05) is 24.0 Å². The summed E-state index contributed by atoms with van der Waals surface area (Å²) in [5.41, 5.74) is -3.35. The number of hydrogen-bond acceptors (Lipinski definition) is 6. The lowest BCUT2D eigenvalue weighted by Gasteiger charge is -2.72. The van der Waals surface area contributed by atoms with Crippen LogP contribution in [-0.2, 0) is 27.5 Å². The first-order valence-corrected chi connectivity index (χ1v) is 15.7. The van der Waals surface area contributed by atoms with Crippen LogP contribution in [0.25, 0.3) is 0 Å². The van der Waals surface area contributed by atoms with Gasteiger partial charge in [-0.2, -0.15) is 17.5 Å². The van der Waals surface area contributed by atoms with Gasteiger partial charge in [0.15, 0.2) is 0 Å². The molecule has 5 aliphatic rings. The lowest BCUT2D eigenvalue weighted by molar-refractivity contribution is -0.151. The van der Waals surface area contributed by atoms with Crippen molar-refractivity contribution in [2.75, 3.05) is 6.54 Å². The van der Waals surface area contributed by atoms with Crippen molar-refractivity contribution in [1.29, 1.82) is 0 Å². The molecule has 3 N–H and O–H groups in total.